The third-order valence-electron chi connectivity index (χ3n) is 2.28. The Hall–Kier alpha value is -0.500. The van der Waals surface area contributed by atoms with Crippen molar-refractivity contribution in [2.24, 2.45) is 5.73 Å². The molecule has 1 rings (SSSR count). The lowest BCUT2D eigenvalue weighted by molar-refractivity contribution is -0.138. The van der Waals surface area contributed by atoms with Crippen LogP contribution in [0.15, 0.2) is 16.6 Å². The number of alkyl halides is 3. The van der Waals surface area contributed by atoms with E-state index in [9.17, 15) is 18.3 Å². The summed E-state index contributed by atoms with van der Waals surface area (Å²) in [6.45, 7) is -0.357. The number of aromatic hydroxyl groups is 1. The summed E-state index contributed by atoms with van der Waals surface area (Å²) in [4.78, 5) is 0. The van der Waals surface area contributed by atoms with E-state index in [2.05, 4.69) is 15.9 Å². The van der Waals surface area contributed by atoms with E-state index in [-0.39, 0.29) is 29.9 Å². The molecular weight excluding hydrogens is 338 g/mol. The van der Waals surface area contributed by atoms with E-state index in [1.165, 1.54) is 0 Å². The highest BCUT2D eigenvalue weighted by Crippen LogP contribution is 2.42. The van der Waals surface area contributed by atoms with Crippen molar-refractivity contribution in [3.63, 3.8) is 0 Å². The Labute approximate surface area is 116 Å². The average Bonchev–Trinajstić information content (AvgIpc) is 2.20. The summed E-state index contributed by atoms with van der Waals surface area (Å²) >= 11 is 2.93. The number of aliphatic hydroxyl groups is 1. The highest BCUT2D eigenvalue weighted by atomic mass is 79.9. The molecule has 0 saturated heterocycles. The molecule has 0 heterocycles. The van der Waals surface area contributed by atoms with Gasteiger partial charge in [-0.1, -0.05) is 0 Å². The summed E-state index contributed by atoms with van der Waals surface area (Å²) in [6.07, 6.45) is -4.66. The van der Waals surface area contributed by atoms with E-state index in [0.717, 1.165) is 12.1 Å². The number of rotatable bonds is 3. The van der Waals surface area contributed by atoms with Crippen molar-refractivity contribution in [2.75, 3.05) is 6.61 Å². The molecule has 0 bridgehead atoms. The lowest BCUT2D eigenvalue weighted by atomic mass is 9.97. The van der Waals surface area contributed by atoms with Gasteiger partial charge in [0.1, 0.15) is 5.75 Å². The lowest BCUT2D eigenvalue weighted by Crippen LogP contribution is -2.18. The van der Waals surface area contributed by atoms with E-state index in [1.54, 1.807) is 0 Å². The van der Waals surface area contributed by atoms with Crippen molar-refractivity contribution in [2.45, 2.75) is 18.6 Å². The molecule has 1 atom stereocenters. The minimum absolute atomic E-state index is 0. The quantitative estimate of drug-likeness (QED) is 0.785. The summed E-state index contributed by atoms with van der Waals surface area (Å²) in [5.41, 5.74) is 4.14. The van der Waals surface area contributed by atoms with Gasteiger partial charge in [0.2, 0.25) is 0 Å². The van der Waals surface area contributed by atoms with Crippen molar-refractivity contribution in [3.8, 4) is 5.75 Å². The van der Waals surface area contributed by atoms with E-state index >= 15 is 0 Å². The summed E-state index contributed by atoms with van der Waals surface area (Å²) in [5.74, 6) is -0.541. The molecule has 1 aromatic rings. The maximum atomic E-state index is 12.7. The summed E-state index contributed by atoms with van der Waals surface area (Å²) in [6, 6.07) is 0.873. The Morgan fingerprint density at radius 2 is 1.89 bits per heavy atom. The van der Waals surface area contributed by atoms with E-state index in [0.29, 0.717) is 0 Å². The van der Waals surface area contributed by atoms with Gasteiger partial charge in [-0.2, -0.15) is 13.2 Å². The Morgan fingerprint density at radius 1 is 1.33 bits per heavy atom. The molecule has 0 amide bonds. The molecule has 0 fully saturated rings. The molecule has 0 aliphatic rings. The number of hydrogen-bond donors (Lipinski definition) is 3. The molecule has 104 valence electrons. The highest BCUT2D eigenvalue weighted by molar-refractivity contribution is 9.10. The average molecular weight is 351 g/mol. The van der Waals surface area contributed by atoms with Gasteiger partial charge in [0.05, 0.1) is 10.0 Å². The van der Waals surface area contributed by atoms with E-state index in [1.807, 2.05) is 0 Å². The fourth-order valence-electron chi connectivity index (χ4n) is 1.49. The fourth-order valence-corrected chi connectivity index (χ4v) is 1.83. The molecule has 0 spiro atoms. The smallest absolute Gasteiger partial charge is 0.416 e. The zero-order valence-corrected chi connectivity index (χ0v) is 11.4. The first-order valence-corrected chi connectivity index (χ1v) is 5.53. The van der Waals surface area contributed by atoms with Crippen LogP contribution in [-0.4, -0.2) is 16.8 Å². The molecule has 3 nitrogen and oxygen atoms in total. The fraction of sp³-hybridized carbons (Fsp3) is 0.400. The van der Waals surface area contributed by atoms with Gasteiger partial charge in [-0.3, -0.25) is 0 Å². The molecule has 0 aliphatic carbocycles. The van der Waals surface area contributed by atoms with Crippen LogP contribution in [0.25, 0.3) is 0 Å². The largest absolute Gasteiger partial charge is 0.506 e. The summed E-state index contributed by atoms with van der Waals surface area (Å²) in [5, 5.41) is 18.3. The Kier molecular flexibility index (Phi) is 6.42. The molecule has 0 unspecified atom stereocenters. The number of phenolic OH excluding ortho intramolecular Hbond substituents is 1. The SMILES string of the molecule is Cl.N[C@@H](CCO)c1c(C(F)(F)F)ccc(Br)c1O. The van der Waals surface area contributed by atoms with Gasteiger partial charge in [0.15, 0.2) is 0 Å². The van der Waals surface area contributed by atoms with Gasteiger partial charge < -0.3 is 15.9 Å². The van der Waals surface area contributed by atoms with Gasteiger partial charge in [0, 0.05) is 18.2 Å². The van der Waals surface area contributed by atoms with Crippen LogP contribution in [0.5, 0.6) is 5.75 Å². The molecule has 1 aromatic carbocycles. The lowest BCUT2D eigenvalue weighted by Gasteiger charge is -2.19. The highest BCUT2D eigenvalue weighted by Gasteiger charge is 2.36. The molecule has 0 radical (unpaired) electrons. The van der Waals surface area contributed by atoms with Crippen molar-refractivity contribution in [3.05, 3.63) is 27.7 Å². The molecule has 0 aromatic heterocycles. The van der Waals surface area contributed by atoms with Gasteiger partial charge in [-0.05, 0) is 34.5 Å². The number of nitrogens with two attached hydrogens (primary N) is 1. The predicted octanol–water partition coefficient (Wildman–Crippen LogP) is 2.98. The van der Waals surface area contributed by atoms with Crippen LogP contribution in [-0.2, 0) is 6.18 Å². The normalized spacial score (nSPS) is 13.0. The molecule has 8 heteroatoms. The van der Waals surface area contributed by atoms with E-state index in [4.69, 9.17) is 10.8 Å². The monoisotopic (exact) mass is 349 g/mol. The van der Waals surface area contributed by atoms with Crippen LogP contribution in [0.2, 0.25) is 0 Å². The zero-order valence-electron chi connectivity index (χ0n) is 9.04. The third kappa shape index (κ3) is 3.74. The first-order valence-electron chi connectivity index (χ1n) is 4.74. The Bertz CT molecular complexity index is 415. The summed E-state index contributed by atoms with van der Waals surface area (Å²) in [7, 11) is 0. The van der Waals surface area contributed by atoms with Crippen LogP contribution in [0, 0.1) is 0 Å². The van der Waals surface area contributed by atoms with Gasteiger partial charge in [0.25, 0.3) is 0 Å². The minimum Gasteiger partial charge on any atom is -0.506 e. The number of hydrogen-bond acceptors (Lipinski definition) is 3. The van der Waals surface area contributed by atoms with Crippen LogP contribution in [0.3, 0.4) is 0 Å². The van der Waals surface area contributed by atoms with Gasteiger partial charge in [-0.25, -0.2) is 0 Å². The first kappa shape index (κ1) is 17.5. The maximum Gasteiger partial charge on any atom is 0.416 e. The van der Waals surface area contributed by atoms with Crippen LogP contribution >= 0.6 is 28.3 Å². The second kappa shape index (κ2) is 6.60. The molecule has 18 heavy (non-hydrogen) atoms. The van der Waals surface area contributed by atoms with Gasteiger partial charge in [-0.15, -0.1) is 12.4 Å². The van der Waals surface area contributed by atoms with Crippen molar-refractivity contribution >= 4 is 28.3 Å². The molecule has 0 saturated carbocycles. The number of halogens is 5. The van der Waals surface area contributed by atoms with E-state index < -0.39 is 29.1 Å². The number of benzene rings is 1. The number of phenols is 1. The predicted molar refractivity (Wildman–Crippen MR) is 66.7 cm³/mol. The van der Waals surface area contributed by atoms with Gasteiger partial charge >= 0.3 is 6.18 Å². The first-order chi connectivity index (χ1) is 7.79. The second-order valence-electron chi connectivity index (χ2n) is 3.47. The number of aliphatic hydroxyl groups excluding tert-OH is 1. The minimum atomic E-state index is -4.60. The Balaban J connectivity index is 0.00000289. The topological polar surface area (TPSA) is 66.5 Å². The second-order valence-corrected chi connectivity index (χ2v) is 4.33. The molecule has 4 N–H and O–H groups in total. The van der Waals surface area contributed by atoms with Crippen LogP contribution in [0.4, 0.5) is 13.2 Å². The van der Waals surface area contributed by atoms with Crippen molar-refractivity contribution in [1.82, 2.24) is 0 Å². The van der Waals surface area contributed by atoms with Crippen molar-refractivity contribution < 1.29 is 23.4 Å². The maximum absolute atomic E-state index is 12.7. The Morgan fingerprint density at radius 3 is 2.33 bits per heavy atom. The summed E-state index contributed by atoms with van der Waals surface area (Å²) < 4.78 is 38.3. The third-order valence-corrected chi connectivity index (χ3v) is 2.92. The molecular formula is C10H12BrClF3NO2. The standard InChI is InChI=1S/C10H11BrF3NO2.ClH/c11-6-2-1-5(10(12,13)14)8(9(6)17)7(15)3-4-16;/h1-2,7,16-17H,3-4,15H2;1H/t7-;/m0./s1. The van der Waals surface area contributed by atoms with Crippen LogP contribution < -0.4 is 5.73 Å². The zero-order chi connectivity index (χ0) is 13.2. The van der Waals surface area contributed by atoms with Crippen LogP contribution in [0.1, 0.15) is 23.6 Å². The molecule has 0 aliphatic heterocycles. The van der Waals surface area contributed by atoms with Crippen molar-refractivity contribution in [1.29, 1.82) is 0 Å².